The van der Waals surface area contributed by atoms with Crippen LogP contribution in [0.25, 0.3) is 0 Å². The van der Waals surface area contributed by atoms with Gasteiger partial charge in [-0.1, -0.05) is 40.0 Å². The van der Waals surface area contributed by atoms with Gasteiger partial charge < -0.3 is 4.90 Å². The molecule has 2 heteroatoms. The van der Waals surface area contributed by atoms with Crippen LogP contribution in [-0.2, 0) is 0 Å². The Bertz CT molecular complexity index is 77.3. The Balaban J connectivity index is 0. The summed E-state index contributed by atoms with van der Waals surface area (Å²) in [7, 11) is 0. The van der Waals surface area contributed by atoms with Crippen LogP contribution >= 0.6 is 0 Å². The van der Waals surface area contributed by atoms with Crippen molar-refractivity contribution in [2.75, 3.05) is 19.6 Å². The van der Waals surface area contributed by atoms with E-state index in [1.165, 1.54) is 51.7 Å². The van der Waals surface area contributed by atoms with Gasteiger partial charge in [0.1, 0.15) is 0 Å². The van der Waals surface area contributed by atoms with E-state index in [0.717, 1.165) is 6.42 Å². The topological polar surface area (TPSA) is 3.24 Å². The normalized spacial score (nSPS) is 10.3. The summed E-state index contributed by atoms with van der Waals surface area (Å²) in [5.41, 5.74) is 0. The van der Waals surface area contributed by atoms with E-state index in [0.29, 0.717) is 0 Å². The van der Waals surface area contributed by atoms with Gasteiger partial charge in [0.2, 0.25) is 0 Å². The van der Waals surface area contributed by atoms with Crippen LogP contribution < -0.4 is 0 Å². The van der Waals surface area contributed by atoms with Gasteiger partial charge in [-0.15, -0.1) is 0 Å². The molecule has 1 nitrogen and oxygen atoms in total. The van der Waals surface area contributed by atoms with Crippen molar-refractivity contribution < 1.29 is 0 Å². The van der Waals surface area contributed by atoms with Crippen LogP contribution in [0.4, 0.5) is 0 Å². The molecule has 0 spiro atoms. The van der Waals surface area contributed by atoms with Gasteiger partial charge in [-0.25, -0.2) is 0 Å². The molecule has 1 radical (unpaired) electrons. The van der Waals surface area contributed by atoms with E-state index in [2.05, 4.69) is 25.7 Å². The summed E-state index contributed by atoms with van der Waals surface area (Å²) >= 11 is 0. The van der Waals surface area contributed by atoms with Crippen LogP contribution in [0.15, 0.2) is 0 Å². The maximum atomic E-state index is 3.89. The molecule has 0 unspecified atom stereocenters. The first-order chi connectivity index (χ1) is 6.35. The van der Waals surface area contributed by atoms with Gasteiger partial charge in [-0.3, -0.25) is 0 Å². The molecule has 0 aliphatic heterocycles. The van der Waals surface area contributed by atoms with Crippen molar-refractivity contribution in [2.45, 2.75) is 52.4 Å². The summed E-state index contributed by atoms with van der Waals surface area (Å²) in [5.74, 6) is 0. The SMILES string of the molecule is [CH2]CCCN(CCCC)CCCC.[LiH]. The third kappa shape index (κ3) is 10.6. The van der Waals surface area contributed by atoms with Crippen molar-refractivity contribution in [1.82, 2.24) is 4.90 Å². The standard InChI is InChI=1S/C12H26N.Li.H/c1-4-7-10-13(11-8-5-2)12-9-6-3;;/h1,4-12H2,2-3H3;;. The van der Waals surface area contributed by atoms with E-state index in [1.54, 1.807) is 0 Å². The Labute approximate surface area is 103 Å². The molecule has 0 saturated carbocycles. The number of hydrogen-bond donors (Lipinski definition) is 0. The molecule has 0 bridgehead atoms. The number of nitrogens with zero attached hydrogens (tertiary/aromatic N) is 1. The first-order valence-corrected chi connectivity index (χ1v) is 5.86. The molecule has 0 aliphatic carbocycles. The van der Waals surface area contributed by atoms with Gasteiger partial charge in [-0.05, 0) is 38.9 Å². The molecule has 0 aromatic carbocycles. The molecule has 0 N–H and O–H groups in total. The Hall–Kier alpha value is 0.557. The summed E-state index contributed by atoms with van der Waals surface area (Å²) < 4.78 is 0. The van der Waals surface area contributed by atoms with Crippen LogP contribution in [0.3, 0.4) is 0 Å². The molecule has 0 fully saturated rings. The van der Waals surface area contributed by atoms with Gasteiger partial charge >= 0.3 is 18.9 Å². The summed E-state index contributed by atoms with van der Waals surface area (Å²) in [4.78, 5) is 2.60. The molecule has 0 heterocycles. The average Bonchev–Trinajstić information content (AvgIpc) is 2.17. The Morgan fingerprint density at radius 2 is 1.29 bits per heavy atom. The zero-order valence-electron chi connectivity index (χ0n) is 9.52. The van der Waals surface area contributed by atoms with Gasteiger partial charge in [0, 0.05) is 0 Å². The molecule has 0 rings (SSSR count). The maximum absolute atomic E-state index is 3.89. The zero-order valence-corrected chi connectivity index (χ0v) is 9.52. The van der Waals surface area contributed by atoms with Crippen LogP contribution in [-0.4, -0.2) is 43.4 Å². The molecule has 0 saturated heterocycles. The van der Waals surface area contributed by atoms with E-state index in [9.17, 15) is 0 Å². The monoisotopic (exact) mass is 192 g/mol. The molecule has 0 aromatic rings. The Morgan fingerprint density at radius 3 is 1.64 bits per heavy atom. The Kier molecular flexibility index (Phi) is 16.4. The zero-order chi connectivity index (χ0) is 9.94. The summed E-state index contributed by atoms with van der Waals surface area (Å²) in [6.07, 6.45) is 7.66. The van der Waals surface area contributed by atoms with Crippen molar-refractivity contribution in [3.05, 3.63) is 6.92 Å². The van der Waals surface area contributed by atoms with Crippen LogP contribution in [0.1, 0.15) is 52.4 Å². The summed E-state index contributed by atoms with van der Waals surface area (Å²) in [6.45, 7) is 12.2. The predicted molar refractivity (Wildman–Crippen MR) is 68.0 cm³/mol. The van der Waals surface area contributed by atoms with Crippen molar-refractivity contribution in [3.63, 3.8) is 0 Å². The van der Waals surface area contributed by atoms with E-state index in [4.69, 9.17) is 0 Å². The fourth-order valence-electron chi connectivity index (χ4n) is 1.43. The molecule has 0 amide bonds. The minimum absolute atomic E-state index is 0. The van der Waals surface area contributed by atoms with Crippen LogP contribution in [0.2, 0.25) is 0 Å². The van der Waals surface area contributed by atoms with Gasteiger partial charge in [0.05, 0.1) is 0 Å². The van der Waals surface area contributed by atoms with E-state index in [1.807, 2.05) is 0 Å². The molecule has 81 valence electrons. The van der Waals surface area contributed by atoms with Gasteiger partial charge in [0.15, 0.2) is 0 Å². The first-order valence-electron chi connectivity index (χ1n) is 5.86. The van der Waals surface area contributed by atoms with E-state index >= 15 is 0 Å². The van der Waals surface area contributed by atoms with Crippen LogP contribution in [0.5, 0.6) is 0 Å². The van der Waals surface area contributed by atoms with Gasteiger partial charge in [-0.2, -0.15) is 0 Å². The minimum atomic E-state index is 0. The third-order valence-corrected chi connectivity index (χ3v) is 2.38. The van der Waals surface area contributed by atoms with Gasteiger partial charge in [0.25, 0.3) is 0 Å². The summed E-state index contributed by atoms with van der Waals surface area (Å²) in [5, 5.41) is 0. The van der Waals surface area contributed by atoms with E-state index < -0.39 is 0 Å². The van der Waals surface area contributed by atoms with Crippen LogP contribution in [0, 0.1) is 6.92 Å². The second kappa shape index (κ2) is 13.6. The number of rotatable bonds is 9. The molecular formula is C12H27LiN. The van der Waals surface area contributed by atoms with Crippen molar-refractivity contribution in [1.29, 1.82) is 0 Å². The van der Waals surface area contributed by atoms with Crippen molar-refractivity contribution >= 4 is 18.9 Å². The molecule has 0 atom stereocenters. The molecule has 0 aromatic heterocycles. The Morgan fingerprint density at radius 1 is 0.857 bits per heavy atom. The second-order valence-electron chi connectivity index (χ2n) is 3.76. The van der Waals surface area contributed by atoms with Crippen molar-refractivity contribution in [2.24, 2.45) is 0 Å². The van der Waals surface area contributed by atoms with E-state index in [-0.39, 0.29) is 18.9 Å². The third-order valence-electron chi connectivity index (χ3n) is 2.38. The molecule has 0 aliphatic rings. The average molecular weight is 192 g/mol. The molecule has 14 heavy (non-hydrogen) atoms. The fraction of sp³-hybridized carbons (Fsp3) is 0.917. The number of unbranched alkanes of at least 4 members (excludes halogenated alkanes) is 3. The quantitative estimate of drug-likeness (QED) is 0.508. The summed E-state index contributed by atoms with van der Waals surface area (Å²) in [6, 6.07) is 0. The predicted octanol–water partition coefficient (Wildman–Crippen LogP) is 2.85. The van der Waals surface area contributed by atoms with Crippen molar-refractivity contribution in [3.8, 4) is 0 Å². The second-order valence-corrected chi connectivity index (χ2v) is 3.76. The number of hydrogen-bond acceptors (Lipinski definition) is 1. The first kappa shape index (κ1) is 17.0. The fourth-order valence-corrected chi connectivity index (χ4v) is 1.43. The molecular weight excluding hydrogens is 165 g/mol.